The van der Waals surface area contributed by atoms with E-state index < -0.39 is 0 Å². The highest BCUT2D eigenvalue weighted by atomic mass is 16.3. The predicted molar refractivity (Wildman–Crippen MR) is 257 cm³/mol. The molecule has 1 aliphatic rings. The van der Waals surface area contributed by atoms with Gasteiger partial charge in [-0.25, -0.2) is 0 Å². The number of para-hydroxylation sites is 2. The molecule has 0 bridgehead atoms. The van der Waals surface area contributed by atoms with Crippen molar-refractivity contribution < 1.29 is 4.42 Å². The van der Waals surface area contributed by atoms with Crippen molar-refractivity contribution in [2.45, 2.75) is 19.3 Å². The molecule has 0 fully saturated rings. The minimum atomic E-state index is -0.103. The maximum Gasteiger partial charge on any atom is 0.136 e. The van der Waals surface area contributed by atoms with Crippen molar-refractivity contribution in [1.82, 2.24) is 0 Å². The Labute approximate surface area is 355 Å². The van der Waals surface area contributed by atoms with Crippen LogP contribution in [0.25, 0.3) is 88.0 Å². The molecular weight excluding hydrogens is 739 g/mol. The molecule has 0 atom stereocenters. The van der Waals surface area contributed by atoms with Crippen molar-refractivity contribution in [1.29, 1.82) is 0 Å². The first-order valence-electron chi connectivity index (χ1n) is 21.2. The number of anilines is 3. The molecule has 0 N–H and O–H groups in total. The Morgan fingerprint density at radius 3 is 1.90 bits per heavy atom. The van der Waals surface area contributed by atoms with E-state index in [1.165, 1.54) is 66.1 Å². The van der Waals surface area contributed by atoms with Gasteiger partial charge in [-0.1, -0.05) is 178 Å². The molecule has 0 saturated heterocycles. The summed E-state index contributed by atoms with van der Waals surface area (Å²) in [6.07, 6.45) is 0. The van der Waals surface area contributed by atoms with Crippen LogP contribution in [-0.4, -0.2) is 0 Å². The van der Waals surface area contributed by atoms with Gasteiger partial charge >= 0.3 is 0 Å². The van der Waals surface area contributed by atoms with Gasteiger partial charge in [0.2, 0.25) is 0 Å². The number of furan rings is 1. The topological polar surface area (TPSA) is 16.4 Å². The van der Waals surface area contributed by atoms with Crippen LogP contribution in [0, 0.1) is 0 Å². The first-order chi connectivity index (χ1) is 30.0. The minimum absolute atomic E-state index is 0.103. The van der Waals surface area contributed by atoms with Crippen LogP contribution < -0.4 is 4.90 Å². The second-order valence-corrected chi connectivity index (χ2v) is 16.8. The zero-order valence-electron chi connectivity index (χ0n) is 34.1. The average molecular weight is 780 g/mol. The number of fused-ring (bicyclic) bond motifs is 9. The number of hydrogen-bond acceptors (Lipinski definition) is 2. The molecule has 11 aromatic rings. The zero-order chi connectivity index (χ0) is 40.7. The molecule has 1 aromatic heterocycles. The number of hydrogen-bond donors (Lipinski definition) is 0. The quantitative estimate of drug-likeness (QED) is 0.156. The standard InChI is InChI=1S/C59H41NO/c1-59(2)53-24-8-5-19-50(53)51-35-31-41(37-54(51)59)46-18-6-9-25-55(46)60(42-32-28-39(29-33-42)47-22-13-27-57-58(47)52-20-7-10-26-56(52)61-57)43-16-11-15-40(36-43)45-21-12-23-48-44-17-4-3-14-38(44)30-34-49(45)48/h3-37H,1-2H3. The normalized spacial score (nSPS) is 12.9. The number of benzene rings is 10. The van der Waals surface area contributed by atoms with Gasteiger partial charge in [-0.2, -0.15) is 0 Å². The Bertz CT molecular complexity index is 3520. The fourth-order valence-corrected chi connectivity index (χ4v) is 10.1. The van der Waals surface area contributed by atoms with Gasteiger partial charge < -0.3 is 9.32 Å². The molecule has 0 radical (unpaired) electrons. The van der Waals surface area contributed by atoms with Crippen LogP contribution in [0.5, 0.6) is 0 Å². The van der Waals surface area contributed by atoms with E-state index >= 15 is 0 Å². The molecule has 2 nitrogen and oxygen atoms in total. The second-order valence-electron chi connectivity index (χ2n) is 16.8. The van der Waals surface area contributed by atoms with Gasteiger partial charge in [0.1, 0.15) is 11.2 Å². The number of nitrogens with zero attached hydrogens (tertiary/aromatic N) is 1. The van der Waals surface area contributed by atoms with Crippen molar-refractivity contribution >= 4 is 60.5 Å². The van der Waals surface area contributed by atoms with E-state index in [2.05, 4.69) is 219 Å². The molecule has 12 rings (SSSR count). The minimum Gasteiger partial charge on any atom is -0.456 e. The van der Waals surface area contributed by atoms with Gasteiger partial charge in [0.05, 0.1) is 5.69 Å². The van der Waals surface area contributed by atoms with E-state index in [0.717, 1.165) is 50.1 Å². The summed E-state index contributed by atoms with van der Waals surface area (Å²) in [6.45, 7) is 4.71. The largest absolute Gasteiger partial charge is 0.456 e. The van der Waals surface area contributed by atoms with Crippen molar-refractivity contribution in [3.8, 4) is 44.5 Å². The summed E-state index contributed by atoms with van der Waals surface area (Å²) < 4.78 is 6.29. The third-order valence-corrected chi connectivity index (χ3v) is 13.1. The highest BCUT2D eigenvalue weighted by molar-refractivity contribution is 6.13. The molecule has 0 saturated carbocycles. The van der Waals surface area contributed by atoms with Crippen molar-refractivity contribution in [2.24, 2.45) is 0 Å². The summed E-state index contributed by atoms with van der Waals surface area (Å²) in [4.78, 5) is 2.43. The van der Waals surface area contributed by atoms with Crippen LogP contribution >= 0.6 is 0 Å². The molecule has 0 spiro atoms. The Balaban J connectivity index is 1.03. The maximum atomic E-state index is 6.29. The summed E-state index contributed by atoms with van der Waals surface area (Å²) in [6, 6.07) is 77.5. The molecule has 0 amide bonds. The third-order valence-electron chi connectivity index (χ3n) is 13.1. The van der Waals surface area contributed by atoms with Gasteiger partial charge in [0.15, 0.2) is 0 Å². The van der Waals surface area contributed by atoms with Gasteiger partial charge in [-0.15, -0.1) is 0 Å². The molecule has 2 heteroatoms. The monoisotopic (exact) mass is 779 g/mol. The van der Waals surface area contributed by atoms with Crippen molar-refractivity contribution in [3.63, 3.8) is 0 Å². The Hall–Kier alpha value is -7.68. The molecule has 10 aromatic carbocycles. The molecule has 61 heavy (non-hydrogen) atoms. The Kier molecular flexibility index (Phi) is 7.92. The molecule has 0 aliphatic heterocycles. The van der Waals surface area contributed by atoms with E-state index in [1.54, 1.807) is 0 Å². The van der Waals surface area contributed by atoms with Gasteiger partial charge in [-0.05, 0) is 120 Å². The lowest BCUT2D eigenvalue weighted by Gasteiger charge is -2.29. The summed E-state index contributed by atoms with van der Waals surface area (Å²) in [7, 11) is 0. The van der Waals surface area contributed by atoms with Crippen molar-refractivity contribution in [2.75, 3.05) is 4.90 Å². The van der Waals surface area contributed by atoms with Gasteiger partial charge in [0, 0.05) is 33.1 Å². The first-order valence-corrected chi connectivity index (χ1v) is 21.2. The fourth-order valence-electron chi connectivity index (χ4n) is 10.1. The van der Waals surface area contributed by atoms with Crippen LogP contribution in [0.15, 0.2) is 217 Å². The summed E-state index contributed by atoms with van der Waals surface area (Å²) in [5, 5.41) is 7.31. The fraction of sp³-hybridized carbons (Fsp3) is 0.0508. The highest BCUT2D eigenvalue weighted by Gasteiger charge is 2.35. The van der Waals surface area contributed by atoms with E-state index in [-0.39, 0.29) is 5.41 Å². The van der Waals surface area contributed by atoms with Crippen LogP contribution in [0.2, 0.25) is 0 Å². The molecular formula is C59H41NO. The van der Waals surface area contributed by atoms with Gasteiger partial charge in [-0.3, -0.25) is 0 Å². The second kappa shape index (κ2) is 13.7. The lowest BCUT2D eigenvalue weighted by atomic mass is 9.81. The molecule has 288 valence electrons. The van der Waals surface area contributed by atoms with E-state index in [0.29, 0.717) is 0 Å². The average Bonchev–Trinajstić information content (AvgIpc) is 3.81. The third kappa shape index (κ3) is 5.56. The Morgan fingerprint density at radius 2 is 1.00 bits per heavy atom. The van der Waals surface area contributed by atoms with Gasteiger partial charge in [0.25, 0.3) is 0 Å². The maximum absolute atomic E-state index is 6.29. The molecule has 1 aliphatic carbocycles. The lowest BCUT2D eigenvalue weighted by molar-refractivity contribution is 0.660. The summed E-state index contributed by atoms with van der Waals surface area (Å²) >= 11 is 0. The van der Waals surface area contributed by atoms with E-state index in [9.17, 15) is 0 Å². The highest BCUT2D eigenvalue weighted by Crippen LogP contribution is 2.51. The zero-order valence-corrected chi connectivity index (χ0v) is 34.1. The predicted octanol–water partition coefficient (Wildman–Crippen LogP) is 16.7. The van der Waals surface area contributed by atoms with Crippen molar-refractivity contribution in [3.05, 3.63) is 223 Å². The number of rotatable bonds is 6. The Morgan fingerprint density at radius 1 is 0.361 bits per heavy atom. The van der Waals surface area contributed by atoms with Crippen LogP contribution in [0.1, 0.15) is 25.0 Å². The van der Waals surface area contributed by atoms with E-state index in [1.807, 2.05) is 12.1 Å². The van der Waals surface area contributed by atoms with Crippen LogP contribution in [0.4, 0.5) is 17.1 Å². The smallest absolute Gasteiger partial charge is 0.136 e. The molecule has 0 unspecified atom stereocenters. The summed E-state index contributed by atoms with van der Waals surface area (Å²) in [5.74, 6) is 0. The molecule has 1 heterocycles. The lowest BCUT2D eigenvalue weighted by Crippen LogP contribution is -2.15. The SMILES string of the molecule is CC1(C)c2ccccc2-c2ccc(-c3ccccc3N(c3ccc(-c4cccc5oc6ccccc6c45)cc3)c3cccc(-c4cccc5c4ccc4ccccc45)c3)cc21. The van der Waals surface area contributed by atoms with Crippen LogP contribution in [-0.2, 0) is 5.41 Å². The van der Waals surface area contributed by atoms with E-state index in [4.69, 9.17) is 4.42 Å². The van der Waals surface area contributed by atoms with Crippen LogP contribution in [0.3, 0.4) is 0 Å². The first kappa shape index (κ1) is 35.3. The summed E-state index contributed by atoms with van der Waals surface area (Å²) in [5.41, 5.74) is 17.5.